The van der Waals surface area contributed by atoms with Crippen LogP contribution in [0.3, 0.4) is 0 Å². The molecule has 0 heterocycles. The molecule has 0 aromatic heterocycles. The molecule has 0 rings (SSSR count). The van der Waals surface area contributed by atoms with Crippen molar-refractivity contribution < 1.29 is 16.5 Å². The van der Waals surface area contributed by atoms with Crippen molar-refractivity contribution in [2.45, 2.75) is 0 Å². The normalized spacial score (nSPS) is 10.2. The van der Waals surface area contributed by atoms with E-state index in [1.54, 1.807) is 0 Å². The fraction of sp³-hybridized carbons (Fsp3) is 0. The van der Waals surface area contributed by atoms with Crippen LogP contribution in [-0.2, 0) is 16.5 Å². The van der Waals surface area contributed by atoms with Gasteiger partial charge in [0.1, 0.15) is 0 Å². The molecule has 0 aliphatic heterocycles. The third kappa shape index (κ3) is 60.0. The first-order chi connectivity index (χ1) is 3.41. The van der Waals surface area contributed by atoms with Gasteiger partial charge in [0.2, 0.25) is 0 Å². The van der Waals surface area contributed by atoms with Crippen LogP contribution in [0.4, 0.5) is 0 Å². The van der Waals surface area contributed by atoms with Crippen molar-refractivity contribution in [2.75, 3.05) is 0 Å². The first kappa shape index (κ1) is 13.8. The zero-order chi connectivity index (χ0) is 7.21. The zero-order valence-corrected chi connectivity index (χ0v) is 12.7. The summed E-state index contributed by atoms with van der Waals surface area (Å²) in [7, 11) is 29.9. The van der Waals surface area contributed by atoms with Crippen molar-refractivity contribution >= 4 is 68.4 Å². The van der Waals surface area contributed by atoms with E-state index in [2.05, 4.69) is 0 Å². The van der Waals surface area contributed by atoms with Gasteiger partial charge in [0.05, 0.1) is 0 Å². The molecule has 0 saturated carbocycles. The van der Waals surface area contributed by atoms with Crippen LogP contribution in [0.2, 0.25) is 0 Å². The summed E-state index contributed by atoms with van der Waals surface area (Å²) in [6.45, 7) is 0. The predicted molar refractivity (Wildman–Crippen MR) is 40.9 cm³/mol. The van der Waals surface area contributed by atoms with E-state index in [1.165, 1.54) is 0 Å². The molecule has 0 atom stereocenters. The Balaban J connectivity index is 0. The van der Waals surface area contributed by atoms with Gasteiger partial charge in [-0.2, -0.15) is 0 Å². The first-order valence-electron chi connectivity index (χ1n) is 0.995. The molecular formula is Cl6PtSn. The Morgan fingerprint density at radius 1 is 0.875 bits per heavy atom. The van der Waals surface area contributed by atoms with Gasteiger partial charge >= 0.3 is 84.9 Å². The second-order valence-corrected chi connectivity index (χ2v) is 29.2. The van der Waals surface area contributed by atoms with Crippen molar-refractivity contribution in [3.05, 3.63) is 0 Å². The summed E-state index contributed by atoms with van der Waals surface area (Å²) >= 11 is -3.76. The van der Waals surface area contributed by atoms with Gasteiger partial charge < -0.3 is 0 Å². The molecular weight excluding hydrogens is 527 g/mol. The number of rotatable bonds is 0. The van der Waals surface area contributed by atoms with E-state index in [0.29, 0.717) is 0 Å². The van der Waals surface area contributed by atoms with Crippen LogP contribution in [0.15, 0.2) is 0 Å². The predicted octanol–water partition coefficient (Wildman–Crippen LogP) is 3.75. The average molecular weight is 527 g/mol. The Morgan fingerprint density at radius 2 is 0.875 bits per heavy atom. The number of hydrogen-bond donors (Lipinski definition) is 0. The van der Waals surface area contributed by atoms with Crippen LogP contribution in [0, 0.1) is 0 Å². The number of hydrogen-bond acceptors (Lipinski definition) is 0. The van der Waals surface area contributed by atoms with Gasteiger partial charge in [-0.25, -0.2) is 0 Å². The monoisotopic (exact) mass is 525 g/mol. The molecule has 0 aliphatic rings. The van der Waals surface area contributed by atoms with E-state index in [4.69, 9.17) is 54.5 Å². The summed E-state index contributed by atoms with van der Waals surface area (Å²) < 4.78 is 0. The molecule has 0 spiro atoms. The Morgan fingerprint density at radius 3 is 0.875 bits per heavy atom. The summed E-state index contributed by atoms with van der Waals surface area (Å²) in [6, 6.07) is 0. The molecule has 0 fully saturated rings. The molecule has 0 bridgehead atoms. The van der Waals surface area contributed by atoms with E-state index < -0.39 is 30.4 Å². The second-order valence-electron chi connectivity index (χ2n) is 0.474. The van der Waals surface area contributed by atoms with Crippen LogP contribution in [-0.4, -0.2) is 13.9 Å². The van der Waals surface area contributed by atoms with E-state index in [0.717, 1.165) is 0 Å². The summed E-state index contributed by atoms with van der Waals surface area (Å²) in [5.41, 5.74) is 0. The van der Waals surface area contributed by atoms with Gasteiger partial charge in [-0.05, 0) is 0 Å². The number of halogens is 6. The van der Waals surface area contributed by atoms with Crippen molar-refractivity contribution in [3.8, 4) is 0 Å². The Kier molecular flexibility index (Phi) is 14.4. The maximum absolute atomic E-state index is 5.04. The molecule has 0 nitrogen and oxygen atoms in total. The standard InChI is InChI=1S/6ClH.Pt.Sn/h6*1H;;/q;;;;;;+2;+4/p-6. The third-order valence-electron chi connectivity index (χ3n) is 0. The molecule has 0 N–H and O–H groups in total. The van der Waals surface area contributed by atoms with Crippen LogP contribution in [0.5, 0.6) is 0 Å². The molecule has 8 heteroatoms. The quantitative estimate of drug-likeness (QED) is 0.422. The molecule has 0 aromatic rings. The van der Waals surface area contributed by atoms with Gasteiger partial charge in [0.15, 0.2) is 0 Å². The van der Waals surface area contributed by atoms with E-state index in [1.807, 2.05) is 0 Å². The SMILES string of the molecule is [Cl][Pt][Cl].[Cl][Sn]([Cl])([Cl])[Cl]. The second kappa shape index (κ2) is 8.32. The van der Waals surface area contributed by atoms with E-state index in [-0.39, 0.29) is 0 Å². The molecule has 0 aromatic carbocycles. The summed E-state index contributed by atoms with van der Waals surface area (Å²) in [5.74, 6) is 0. The Labute approximate surface area is 83.2 Å². The van der Waals surface area contributed by atoms with Crippen LogP contribution in [0.25, 0.3) is 0 Å². The molecule has 56 valence electrons. The third-order valence-corrected chi connectivity index (χ3v) is 0. The van der Waals surface area contributed by atoms with E-state index >= 15 is 0 Å². The Bertz CT molecular complexity index is 32.3. The molecule has 0 radical (unpaired) electrons. The zero-order valence-electron chi connectivity index (χ0n) is 3.08. The van der Waals surface area contributed by atoms with Crippen molar-refractivity contribution in [2.24, 2.45) is 0 Å². The fourth-order valence-electron chi connectivity index (χ4n) is 0. The van der Waals surface area contributed by atoms with Crippen molar-refractivity contribution in [1.82, 2.24) is 0 Å². The first-order valence-corrected chi connectivity index (χ1v) is 21.1. The molecule has 8 heavy (non-hydrogen) atoms. The summed E-state index contributed by atoms with van der Waals surface area (Å²) in [5, 5.41) is 0. The topological polar surface area (TPSA) is 0 Å². The van der Waals surface area contributed by atoms with Gasteiger partial charge in [-0.1, -0.05) is 0 Å². The molecule has 0 saturated heterocycles. The Hall–Kier alpha value is 3.23. The maximum atomic E-state index is 5.04. The van der Waals surface area contributed by atoms with Crippen LogP contribution in [0.1, 0.15) is 0 Å². The molecule has 0 unspecified atom stereocenters. The molecule has 0 amide bonds. The molecule has 0 aliphatic carbocycles. The van der Waals surface area contributed by atoms with Gasteiger partial charge in [-0.15, -0.1) is 0 Å². The van der Waals surface area contributed by atoms with Crippen LogP contribution >= 0.6 is 54.5 Å². The summed E-state index contributed by atoms with van der Waals surface area (Å²) in [4.78, 5) is 0. The van der Waals surface area contributed by atoms with Gasteiger partial charge in [0.25, 0.3) is 0 Å². The fourth-order valence-corrected chi connectivity index (χ4v) is 0. The van der Waals surface area contributed by atoms with Gasteiger partial charge in [0, 0.05) is 0 Å². The van der Waals surface area contributed by atoms with Gasteiger partial charge in [-0.3, -0.25) is 0 Å². The minimum absolute atomic E-state index is 0.472. The van der Waals surface area contributed by atoms with Crippen LogP contribution < -0.4 is 0 Å². The average Bonchev–Trinajstić information content (AvgIpc) is 1.27. The summed E-state index contributed by atoms with van der Waals surface area (Å²) in [6.07, 6.45) is 0. The van der Waals surface area contributed by atoms with E-state index in [9.17, 15) is 0 Å². The van der Waals surface area contributed by atoms with Crippen molar-refractivity contribution in [1.29, 1.82) is 0 Å². The minimum atomic E-state index is -3.29. The van der Waals surface area contributed by atoms with Crippen molar-refractivity contribution in [3.63, 3.8) is 0 Å².